The number of hydrogen-bond donors (Lipinski definition) is 0. The molecule has 0 saturated heterocycles. The first-order valence-corrected chi connectivity index (χ1v) is 9.38. The summed E-state index contributed by atoms with van der Waals surface area (Å²) in [6.45, 7) is 0.146. The summed E-state index contributed by atoms with van der Waals surface area (Å²) < 4.78 is 29.8. The van der Waals surface area contributed by atoms with E-state index in [0.717, 1.165) is 16.9 Å². The normalized spacial score (nSPS) is 14.4. The fraction of sp³-hybridized carbons (Fsp3) is 0.0800. The molecule has 0 aliphatic carbocycles. The lowest BCUT2D eigenvalue weighted by atomic mass is 10.1. The van der Waals surface area contributed by atoms with E-state index >= 15 is 0 Å². The summed E-state index contributed by atoms with van der Waals surface area (Å²) in [6.07, 6.45) is 3.46. The van der Waals surface area contributed by atoms with Gasteiger partial charge in [-0.25, -0.2) is 9.18 Å². The summed E-state index contributed by atoms with van der Waals surface area (Å²) >= 11 is 0. The van der Waals surface area contributed by atoms with E-state index in [1.807, 2.05) is 36.4 Å². The fourth-order valence-electron chi connectivity index (χ4n) is 3.00. The van der Waals surface area contributed by atoms with Crippen LogP contribution in [0.4, 0.5) is 4.39 Å². The van der Waals surface area contributed by atoms with Gasteiger partial charge in [-0.2, -0.15) is 0 Å². The van der Waals surface area contributed by atoms with Crippen molar-refractivity contribution >= 4 is 17.8 Å². The van der Waals surface area contributed by atoms with Crippen LogP contribution in [0.25, 0.3) is 11.8 Å². The molecule has 3 aromatic carbocycles. The highest BCUT2D eigenvalue weighted by Crippen LogP contribution is 2.29. The van der Waals surface area contributed by atoms with Gasteiger partial charge in [0.2, 0.25) is 0 Å². The number of halogens is 1. The van der Waals surface area contributed by atoms with Crippen LogP contribution in [0.2, 0.25) is 0 Å². The second-order valence-electron chi connectivity index (χ2n) is 6.68. The van der Waals surface area contributed by atoms with E-state index in [9.17, 15) is 9.18 Å². The molecule has 4 nitrogen and oxygen atoms in total. The third kappa shape index (κ3) is 4.41. The van der Waals surface area contributed by atoms with Crippen molar-refractivity contribution in [3.8, 4) is 11.5 Å². The highest BCUT2D eigenvalue weighted by Gasteiger charge is 2.22. The fourth-order valence-corrected chi connectivity index (χ4v) is 3.00. The van der Waals surface area contributed by atoms with E-state index in [0.29, 0.717) is 22.6 Å². The van der Waals surface area contributed by atoms with E-state index in [-0.39, 0.29) is 12.4 Å². The quantitative estimate of drug-likeness (QED) is 0.409. The van der Waals surface area contributed by atoms with Crippen LogP contribution in [0, 0.1) is 5.82 Å². The molecule has 0 atom stereocenters. The number of benzene rings is 3. The molecule has 0 N–H and O–H groups in total. The van der Waals surface area contributed by atoms with Crippen molar-refractivity contribution in [1.82, 2.24) is 0 Å². The van der Waals surface area contributed by atoms with Crippen LogP contribution in [0.3, 0.4) is 0 Å². The minimum Gasteiger partial charge on any atom is -0.497 e. The molecule has 0 unspecified atom stereocenters. The van der Waals surface area contributed by atoms with Gasteiger partial charge in [0.25, 0.3) is 0 Å². The van der Waals surface area contributed by atoms with Gasteiger partial charge in [0.15, 0.2) is 0 Å². The van der Waals surface area contributed by atoms with Crippen molar-refractivity contribution < 1.29 is 23.4 Å². The molecule has 1 aliphatic rings. The molecule has 3 aromatic rings. The lowest BCUT2D eigenvalue weighted by molar-refractivity contribution is -0.130. The van der Waals surface area contributed by atoms with E-state index < -0.39 is 5.97 Å². The number of cyclic esters (lactones) is 1. The molecular weight excluding hydrogens is 383 g/mol. The molecular formula is C25H19FO4. The summed E-state index contributed by atoms with van der Waals surface area (Å²) in [5, 5.41) is 0. The molecule has 0 aromatic heterocycles. The Labute approximate surface area is 173 Å². The Balaban J connectivity index is 1.45. The third-order valence-electron chi connectivity index (χ3n) is 4.65. The lowest BCUT2D eigenvalue weighted by Crippen LogP contribution is -1.98. The van der Waals surface area contributed by atoms with Crippen molar-refractivity contribution in [2.45, 2.75) is 6.61 Å². The predicted molar refractivity (Wildman–Crippen MR) is 112 cm³/mol. The molecule has 0 spiro atoms. The maximum atomic E-state index is 13.7. The summed E-state index contributed by atoms with van der Waals surface area (Å²) in [5.41, 5.74) is 2.58. The lowest BCUT2D eigenvalue weighted by Gasteiger charge is -2.07. The average Bonchev–Trinajstić information content (AvgIpc) is 3.14. The number of ether oxygens (including phenoxy) is 3. The minimum absolute atomic E-state index is 0.146. The largest absolute Gasteiger partial charge is 0.497 e. The van der Waals surface area contributed by atoms with Crippen LogP contribution in [0.1, 0.15) is 16.7 Å². The molecule has 1 heterocycles. The number of rotatable bonds is 6. The standard InChI is InChI=1S/C25H19FO4/c1-28-21-12-8-18(9-13-21)24-15-20(25(27)30-24)14-17-6-10-22(11-7-17)29-16-19-4-2-3-5-23(19)26/h2-15H,16H2,1H3/b20-14+. The Morgan fingerprint density at radius 3 is 2.33 bits per heavy atom. The number of hydrogen-bond acceptors (Lipinski definition) is 4. The van der Waals surface area contributed by atoms with Crippen LogP contribution in [0.5, 0.6) is 11.5 Å². The van der Waals surface area contributed by atoms with Crippen molar-refractivity contribution in [3.05, 3.63) is 107 Å². The first kappa shape index (κ1) is 19.5. The van der Waals surface area contributed by atoms with Crippen LogP contribution < -0.4 is 9.47 Å². The Morgan fingerprint density at radius 2 is 1.63 bits per heavy atom. The number of carbonyl (C=O) groups is 1. The molecule has 0 bridgehead atoms. The van der Waals surface area contributed by atoms with Gasteiger partial charge in [-0.1, -0.05) is 30.3 Å². The van der Waals surface area contributed by atoms with Crippen LogP contribution in [0.15, 0.2) is 84.4 Å². The molecule has 0 saturated carbocycles. The molecule has 30 heavy (non-hydrogen) atoms. The van der Waals surface area contributed by atoms with Crippen molar-refractivity contribution in [1.29, 1.82) is 0 Å². The SMILES string of the molecule is COc1ccc(C2=C/C(=C\c3ccc(OCc4ccccc4F)cc3)C(=O)O2)cc1. The van der Waals surface area contributed by atoms with Crippen LogP contribution >= 0.6 is 0 Å². The minimum atomic E-state index is -0.402. The summed E-state index contributed by atoms with van der Waals surface area (Å²) in [6, 6.07) is 21.0. The third-order valence-corrected chi connectivity index (χ3v) is 4.65. The zero-order chi connectivity index (χ0) is 20.9. The van der Waals surface area contributed by atoms with Gasteiger partial charge in [0.1, 0.15) is 29.7 Å². The molecule has 0 radical (unpaired) electrons. The summed E-state index contributed by atoms with van der Waals surface area (Å²) in [5.74, 6) is 1.15. The van der Waals surface area contributed by atoms with Gasteiger partial charge >= 0.3 is 5.97 Å². The van der Waals surface area contributed by atoms with Gasteiger partial charge in [-0.05, 0) is 60.2 Å². The van der Waals surface area contributed by atoms with Crippen LogP contribution in [-0.2, 0) is 16.1 Å². The highest BCUT2D eigenvalue weighted by atomic mass is 19.1. The Kier molecular flexibility index (Phi) is 5.61. The number of methoxy groups -OCH3 is 1. The zero-order valence-electron chi connectivity index (χ0n) is 16.3. The summed E-state index contributed by atoms with van der Waals surface area (Å²) in [7, 11) is 1.60. The van der Waals surface area contributed by atoms with E-state index in [4.69, 9.17) is 14.2 Å². The smallest absolute Gasteiger partial charge is 0.343 e. The van der Waals surface area contributed by atoms with Crippen molar-refractivity contribution in [3.63, 3.8) is 0 Å². The maximum absolute atomic E-state index is 13.7. The van der Waals surface area contributed by atoms with Crippen molar-refractivity contribution in [2.24, 2.45) is 0 Å². The monoisotopic (exact) mass is 402 g/mol. The van der Waals surface area contributed by atoms with Gasteiger partial charge in [0, 0.05) is 11.1 Å². The molecule has 0 fully saturated rings. The molecule has 150 valence electrons. The van der Waals surface area contributed by atoms with Gasteiger partial charge in [0.05, 0.1) is 12.7 Å². The first-order chi connectivity index (χ1) is 14.6. The van der Waals surface area contributed by atoms with Gasteiger partial charge in [-0.15, -0.1) is 0 Å². The van der Waals surface area contributed by atoms with Gasteiger partial charge < -0.3 is 14.2 Å². The Bertz CT molecular complexity index is 1110. The first-order valence-electron chi connectivity index (χ1n) is 9.38. The molecule has 5 heteroatoms. The topological polar surface area (TPSA) is 44.8 Å². The van der Waals surface area contributed by atoms with Crippen LogP contribution in [-0.4, -0.2) is 13.1 Å². The second-order valence-corrected chi connectivity index (χ2v) is 6.68. The van der Waals surface area contributed by atoms with E-state index in [1.54, 1.807) is 49.6 Å². The second kappa shape index (κ2) is 8.66. The predicted octanol–water partition coefficient (Wildman–Crippen LogP) is 5.39. The molecule has 1 aliphatic heterocycles. The summed E-state index contributed by atoms with van der Waals surface area (Å²) in [4.78, 5) is 12.2. The Hall–Kier alpha value is -3.86. The van der Waals surface area contributed by atoms with E-state index in [2.05, 4.69) is 0 Å². The van der Waals surface area contributed by atoms with E-state index in [1.165, 1.54) is 6.07 Å². The zero-order valence-corrected chi connectivity index (χ0v) is 16.3. The Morgan fingerprint density at radius 1 is 0.933 bits per heavy atom. The highest BCUT2D eigenvalue weighted by molar-refractivity contribution is 6.05. The molecule has 4 rings (SSSR count). The van der Waals surface area contributed by atoms with Gasteiger partial charge in [-0.3, -0.25) is 0 Å². The average molecular weight is 402 g/mol. The molecule has 0 amide bonds. The van der Waals surface area contributed by atoms with Crippen molar-refractivity contribution in [2.75, 3.05) is 7.11 Å². The number of esters is 1. The number of carbonyl (C=O) groups excluding carboxylic acids is 1. The maximum Gasteiger partial charge on any atom is 0.343 e.